The highest BCUT2D eigenvalue weighted by Gasteiger charge is 2.28. The van der Waals surface area contributed by atoms with E-state index in [1.54, 1.807) is 6.07 Å². The van der Waals surface area contributed by atoms with Crippen molar-refractivity contribution in [3.05, 3.63) is 58.0 Å². The molecule has 0 radical (unpaired) electrons. The first kappa shape index (κ1) is 17.7. The summed E-state index contributed by atoms with van der Waals surface area (Å²) in [5, 5.41) is 0. The first-order chi connectivity index (χ1) is 11.8. The molecule has 2 heterocycles. The van der Waals surface area contributed by atoms with E-state index in [1.165, 1.54) is 22.3 Å². The average Bonchev–Trinajstić information content (AvgIpc) is 2.97. The van der Waals surface area contributed by atoms with E-state index in [1.807, 2.05) is 24.8 Å². The van der Waals surface area contributed by atoms with Crippen molar-refractivity contribution < 1.29 is 13.9 Å². The molecule has 25 heavy (non-hydrogen) atoms. The molecule has 2 aromatic rings. The summed E-state index contributed by atoms with van der Waals surface area (Å²) >= 11 is 0. The normalized spacial score (nSPS) is 20.8. The van der Waals surface area contributed by atoms with Crippen LogP contribution in [0.15, 0.2) is 28.7 Å². The molecule has 1 aliphatic rings. The van der Waals surface area contributed by atoms with Gasteiger partial charge in [-0.3, -0.25) is 4.79 Å². The minimum absolute atomic E-state index is 0.0504. The number of aryl methyl sites for hydroxylation is 3. The van der Waals surface area contributed by atoms with Gasteiger partial charge in [0.15, 0.2) is 5.76 Å². The molecule has 1 aliphatic heterocycles. The summed E-state index contributed by atoms with van der Waals surface area (Å²) in [6.45, 7) is 11.6. The zero-order valence-corrected chi connectivity index (χ0v) is 15.8. The van der Waals surface area contributed by atoms with Gasteiger partial charge in [0.25, 0.3) is 5.91 Å². The van der Waals surface area contributed by atoms with Crippen LogP contribution in [-0.2, 0) is 11.2 Å². The van der Waals surface area contributed by atoms with Gasteiger partial charge in [0.2, 0.25) is 0 Å². The first-order valence-corrected chi connectivity index (χ1v) is 8.93. The SMILES string of the molecule is Cc1cc(C)c(Cc2ccc(C(=O)N3C[C@@H](C)O[C@@H](C)C3)o2)c(C)c1. The molecule has 4 heteroatoms. The molecule has 2 atom stereocenters. The van der Waals surface area contributed by atoms with Crippen molar-refractivity contribution in [3.63, 3.8) is 0 Å². The molecular weight excluding hydrogens is 314 g/mol. The lowest BCUT2D eigenvalue weighted by Gasteiger charge is -2.34. The van der Waals surface area contributed by atoms with E-state index in [9.17, 15) is 4.79 Å². The standard InChI is InChI=1S/C21H27NO3/c1-13-8-14(2)19(15(3)9-13)10-18-6-7-20(25-18)21(23)22-11-16(4)24-17(5)12-22/h6-9,16-17H,10-12H2,1-5H3/t16-,17+. The Bertz CT molecular complexity index is 744. The second-order valence-corrected chi connectivity index (χ2v) is 7.29. The summed E-state index contributed by atoms with van der Waals surface area (Å²) in [5.74, 6) is 1.19. The highest BCUT2D eigenvalue weighted by Crippen LogP contribution is 2.22. The molecule has 134 valence electrons. The van der Waals surface area contributed by atoms with Gasteiger partial charge in [0.1, 0.15) is 5.76 Å². The molecule has 3 rings (SSSR count). The summed E-state index contributed by atoms with van der Waals surface area (Å²) < 4.78 is 11.6. The topological polar surface area (TPSA) is 42.7 Å². The van der Waals surface area contributed by atoms with Gasteiger partial charge < -0.3 is 14.1 Å². The molecule has 0 spiro atoms. The second kappa shape index (κ2) is 7.04. The third kappa shape index (κ3) is 3.96. The van der Waals surface area contributed by atoms with Crippen molar-refractivity contribution in [1.82, 2.24) is 4.90 Å². The van der Waals surface area contributed by atoms with E-state index < -0.39 is 0 Å². The number of carbonyl (C=O) groups is 1. The van der Waals surface area contributed by atoms with Gasteiger partial charge in [-0.25, -0.2) is 0 Å². The minimum atomic E-state index is -0.0504. The molecule has 1 aromatic heterocycles. The maximum atomic E-state index is 12.7. The van der Waals surface area contributed by atoms with Crippen LogP contribution in [0.2, 0.25) is 0 Å². The predicted octanol–water partition coefficient (Wildman–Crippen LogP) is 4.05. The van der Waals surface area contributed by atoms with Crippen molar-refractivity contribution in [2.75, 3.05) is 13.1 Å². The zero-order chi connectivity index (χ0) is 18.1. The fourth-order valence-corrected chi connectivity index (χ4v) is 3.75. The van der Waals surface area contributed by atoms with E-state index in [4.69, 9.17) is 9.15 Å². The number of rotatable bonds is 3. The number of hydrogen-bond acceptors (Lipinski definition) is 3. The van der Waals surface area contributed by atoms with Crippen molar-refractivity contribution in [3.8, 4) is 0 Å². The molecule has 0 N–H and O–H groups in total. The lowest BCUT2D eigenvalue weighted by atomic mass is 9.97. The molecule has 1 amide bonds. The Morgan fingerprint density at radius 2 is 1.68 bits per heavy atom. The van der Waals surface area contributed by atoms with Gasteiger partial charge in [-0.2, -0.15) is 0 Å². The van der Waals surface area contributed by atoms with Crippen LogP contribution < -0.4 is 0 Å². The van der Waals surface area contributed by atoms with Crippen LogP contribution in [0.3, 0.4) is 0 Å². The number of nitrogens with zero attached hydrogens (tertiary/aromatic N) is 1. The van der Waals surface area contributed by atoms with Gasteiger partial charge in [0.05, 0.1) is 12.2 Å². The van der Waals surface area contributed by atoms with E-state index in [2.05, 4.69) is 32.9 Å². The Hall–Kier alpha value is -2.07. The molecule has 0 aliphatic carbocycles. The molecule has 1 fully saturated rings. The highest BCUT2D eigenvalue weighted by atomic mass is 16.5. The molecular formula is C21H27NO3. The molecule has 4 nitrogen and oxygen atoms in total. The highest BCUT2D eigenvalue weighted by molar-refractivity contribution is 5.91. The molecule has 0 unspecified atom stereocenters. The Morgan fingerprint density at radius 1 is 1.08 bits per heavy atom. The number of amides is 1. The molecule has 1 saturated heterocycles. The zero-order valence-electron chi connectivity index (χ0n) is 15.8. The van der Waals surface area contributed by atoms with Crippen LogP contribution >= 0.6 is 0 Å². The maximum Gasteiger partial charge on any atom is 0.289 e. The number of furan rings is 1. The lowest BCUT2D eigenvalue weighted by Crippen LogP contribution is -2.48. The van der Waals surface area contributed by atoms with Gasteiger partial charge >= 0.3 is 0 Å². The van der Waals surface area contributed by atoms with E-state index in [0.29, 0.717) is 25.3 Å². The lowest BCUT2D eigenvalue weighted by molar-refractivity contribution is -0.0592. The maximum absolute atomic E-state index is 12.7. The number of morpholine rings is 1. The van der Waals surface area contributed by atoms with Gasteiger partial charge in [0, 0.05) is 19.5 Å². The summed E-state index contributed by atoms with van der Waals surface area (Å²) in [6.07, 6.45) is 0.821. The van der Waals surface area contributed by atoms with Crippen LogP contribution in [0, 0.1) is 20.8 Å². The number of hydrogen-bond donors (Lipinski definition) is 0. The van der Waals surface area contributed by atoms with Crippen molar-refractivity contribution >= 4 is 5.91 Å². The van der Waals surface area contributed by atoms with Gasteiger partial charge in [-0.15, -0.1) is 0 Å². The van der Waals surface area contributed by atoms with Gasteiger partial charge in [-0.1, -0.05) is 17.7 Å². The minimum Gasteiger partial charge on any atom is -0.456 e. The smallest absolute Gasteiger partial charge is 0.289 e. The molecule has 0 bridgehead atoms. The number of ether oxygens (including phenoxy) is 1. The molecule has 0 saturated carbocycles. The van der Waals surface area contributed by atoms with Crippen LogP contribution in [0.25, 0.3) is 0 Å². The third-order valence-electron chi connectivity index (χ3n) is 4.77. The average molecular weight is 341 g/mol. The van der Waals surface area contributed by atoms with Crippen molar-refractivity contribution in [2.24, 2.45) is 0 Å². The summed E-state index contributed by atoms with van der Waals surface area (Å²) in [6, 6.07) is 8.09. The van der Waals surface area contributed by atoms with Crippen LogP contribution in [-0.4, -0.2) is 36.1 Å². The number of benzene rings is 1. The fraction of sp³-hybridized carbons (Fsp3) is 0.476. The third-order valence-corrected chi connectivity index (χ3v) is 4.77. The summed E-state index contributed by atoms with van der Waals surface area (Å²) in [5.41, 5.74) is 5.06. The largest absolute Gasteiger partial charge is 0.456 e. The van der Waals surface area contributed by atoms with Crippen LogP contribution in [0.4, 0.5) is 0 Å². The summed E-state index contributed by atoms with van der Waals surface area (Å²) in [4.78, 5) is 14.5. The van der Waals surface area contributed by atoms with Crippen LogP contribution in [0.1, 0.15) is 52.4 Å². The Balaban J connectivity index is 1.75. The second-order valence-electron chi connectivity index (χ2n) is 7.29. The number of carbonyl (C=O) groups excluding carboxylic acids is 1. The summed E-state index contributed by atoms with van der Waals surface area (Å²) in [7, 11) is 0. The van der Waals surface area contributed by atoms with E-state index in [-0.39, 0.29) is 18.1 Å². The van der Waals surface area contributed by atoms with Gasteiger partial charge in [-0.05, 0) is 63.4 Å². The fourth-order valence-electron chi connectivity index (χ4n) is 3.75. The Labute approximate surface area is 149 Å². The predicted molar refractivity (Wildman–Crippen MR) is 98.1 cm³/mol. The van der Waals surface area contributed by atoms with Crippen molar-refractivity contribution in [1.29, 1.82) is 0 Å². The van der Waals surface area contributed by atoms with E-state index in [0.717, 1.165) is 5.76 Å². The van der Waals surface area contributed by atoms with E-state index >= 15 is 0 Å². The Morgan fingerprint density at radius 3 is 2.28 bits per heavy atom. The van der Waals surface area contributed by atoms with Crippen LogP contribution in [0.5, 0.6) is 0 Å². The quantitative estimate of drug-likeness (QED) is 0.846. The Kier molecular flexibility index (Phi) is 5.00. The monoisotopic (exact) mass is 341 g/mol. The van der Waals surface area contributed by atoms with Crippen molar-refractivity contribution in [2.45, 2.75) is 53.2 Å². The first-order valence-electron chi connectivity index (χ1n) is 8.93. The molecule has 1 aromatic carbocycles.